The van der Waals surface area contributed by atoms with Crippen LogP contribution in [-0.2, 0) is 19.6 Å². The van der Waals surface area contributed by atoms with Crippen molar-refractivity contribution in [2.75, 3.05) is 32.8 Å². The van der Waals surface area contributed by atoms with Crippen molar-refractivity contribution < 1.29 is 22.7 Å². The number of rotatable bonds is 9. The second-order valence-electron chi connectivity index (χ2n) is 5.79. The maximum absolute atomic E-state index is 12.4. The van der Waals surface area contributed by atoms with Crippen LogP contribution in [0, 0.1) is 0 Å². The largest absolute Gasteiger partial charge is 0.484 e. The van der Waals surface area contributed by atoms with Gasteiger partial charge in [-0.15, -0.1) is 0 Å². The van der Waals surface area contributed by atoms with E-state index >= 15 is 0 Å². The quantitative estimate of drug-likeness (QED) is 0.710. The Bertz CT molecular complexity index is 650. The molecule has 1 aromatic carbocycles. The summed E-state index contributed by atoms with van der Waals surface area (Å²) in [5.74, 6) is 0.223. The van der Waals surface area contributed by atoms with Crippen molar-refractivity contribution in [3.05, 3.63) is 24.3 Å². The summed E-state index contributed by atoms with van der Waals surface area (Å²) in [6.07, 6.45) is 2.08. The third kappa shape index (κ3) is 5.42. The van der Waals surface area contributed by atoms with Gasteiger partial charge >= 0.3 is 0 Å². The Kier molecular flexibility index (Phi) is 7.22. The molecule has 140 valence electrons. The predicted molar refractivity (Wildman–Crippen MR) is 94.0 cm³/mol. The lowest BCUT2D eigenvalue weighted by atomic mass is 10.2. The van der Waals surface area contributed by atoms with Gasteiger partial charge in [0.2, 0.25) is 10.0 Å². The Morgan fingerprint density at radius 2 is 1.96 bits per heavy atom. The highest BCUT2D eigenvalue weighted by atomic mass is 32.2. The molecule has 2 rings (SSSR count). The van der Waals surface area contributed by atoms with Gasteiger partial charge in [-0.25, -0.2) is 8.42 Å². The summed E-state index contributed by atoms with van der Waals surface area (Å²) in [5, 5.41) is 2.77. The van der Waals surface area contributed by atoms with Crippen molar-refractivity contribution in [3.8, 4) is 5.75 Å². The molecule has 1 aromatic rings. The lowest BCUT2D eigenvalue weighted by molar-refractivity contribution is -0.123. The highest BCUT2D eigenvalue weighted by Gasteiger charge is 2.21. The van der Waals surface area contributed by atoms with Crippen LogP contribution in [0.1, 0.15) is 26.7 Å². The van der Waals surface area contributed by atoms with Gasteiger partial charge in [0.1, 0.15) is 5.75 Å². The Morgan fingerprint density at radius 3 is 2.52 bits per heavy atom. The van der Waals surface area contributed by atoms with Crippen molar-refractivity contribution >= 4 is 15.9 Å². The van der Waals surface area contributed by atoms with Crippen LogP contribution in [0.5, 0.6) is 5.75 Å². The molecule has 1 heterocycles. The van der Waals surface area contributed by atoms with E-state index in [1.54, 1.807) is 26.0 Å². The van der Waals surface area contributed by atoms with Crippen molar-refractivity contribution in [2.24, 2.45) is 0 Å². The molecule has 1 aliphatic heterocycles. The Morgan fingerprint density at radius 1 is 1.28 bits per heavy atom. The molecule has 1 saturated heterocycles. The molecular weight excluding hydrogens is 344 g/mol. The van der Waals surface area contributed by atoms with Crippen LogP contribution in [0.15, 0.2) is 29.2 Å². The first-order chi connectivity index (χ1) is 12.0. The minimum absolute atomic E-state index is 0.0912. The molecule has 1 aliphatic rings. The smallest absolute Gasteiger partial charge is 0.258 e. The van der Waals surface area contributed by atoms with Crippen molar-refractivity contribution in [1.29, 1.82) is 0 Å². The number of carbonyl (C=O) groups excluding carboxylic acids is 1. The summed E-state index contributed by atoms with van der Waals surface area (Å²) >= 11 is 0. The monoisotopic (exact) mass is 370 g/mol. The lowest BCUT2D eigenvalue weighted by Crippen LogP contribution is -2.35. The summed E-state index contributed by atoms with van der Waals surface area (Å²) in [7, 11) is -3.48. The molecule has 0 radical (unpaired) electrons. The summed E-state index contributed by atoms with van der Waals surface area (Å²) < 4.78 is 37.0. The van der Waals surface area contributed by atoms with Crippen LogP contribution >= 0.6 is 0 Å². The average Bonchev–Trinajstić information content (AvgIpc) is 3.13. The van der Waals surface area contributed by atoms with Crippen molar-refractivity contribution in [1.82, 2.24) is 9.62 Å². The third-order valence-electron chi connectivity index (χ3n) is 4.09. The van der Waals surface area contributed by atoms with E-state index in [9.17, 15) is 13.2 Å². The standard InChI is InChI=1S/C17H26N2O5S/c1-3-19(4-2)25(21,22)16-9-7-14(8-10-16)24-13-17(20)18-12-15-6-5-11-23-15/h7-10,15H,3-6,11-13H2,1-2H3,(H,18,20)/t15-/m0/s1. The first kappa shape index (κ1) is 19.7. The van der Waals surface area contributed by atoms with Gasteiger partial charge in [-0.1, -0.05) is 13.8 Å². The molecule has 7 nitrogen and oxygen atoms in total. The number of nitrogens with zero attached hydrogens (tertiary/aromatic N) is 1. The van der Waals surface area contributed by atoms with E-state index in [2.05, 4.69) is 5.32 Å². The number of nitrogens with one attached hydrogen (secondary N) is 1. The van der Waals surface area contributed by atoms with Crippen molar-refractivity contribution in [3.63, 3.8) is 0 Å². The molecular formula is C17H26N2O5S. The fourth-order valence-electron chi connectivity index (χ4n) is 2.65. The molecule has 1 fully saturated rings. The predicted octanol–water partition coefficient (Wildman–Crippen LogP) is 1.39. The fraction of sp³-hybridized carbons (Fsp3) is 0.588. The van der Waals surface area contributed by atoms with Crippen LogP contribution < -0.4 is 10.1 Å². The van der Waals surface area contributed by atoms with E-state index in [-0.39, 0.29) is 23.5 Å². The normalized spacial score (nSPS) is 17.6. The van der Waals surface area contributed by atoms with E-state index in [0.29, 0.717) is 25.4 Å². The molecule has 1 amide bonds. The zero-order valence-corrected chi connectivity index (χ0v) is 15.5. The van der Waals surface area contributed by atoms with E-state index in [0.717, 1.165) is 19.4 Å². The van der Waals surface area contributed by atoms with Crippen molar-refractivity contribution in [2.45, 2.75) is 37.7 Å². The molecule has 8 heteroatoms. The van der Waals surface area contributed by atoms with Crippen LogP contribution in [0.3, 0.4) is 0 Å². The second-order valence-corrected chi connectivity index (χ2v) is 7.73. The first-order valence-corrected chi connectivity index (χ1v) is 10.0. The van der Waals surface area contributed by atoms with Gasteiger partial charge in [-0.05, 0) is 37.1 Å². The number of sulfonamides is 1. The molecule has 0 bridgehead atoms. The van der Waals surface area contributed by atoms with Gasteiger partial charge in [0.25, 0.3) is 5.91 Å². The molecule has 0 saturated carbocycles. The Labute approximate surface area is 149 Å². The highest BCUT2D eigenvalue weighted by Crippen LogP contribution is 2.19. The Hall–Kier alpha value is -1.64. The van der Waals surface area contributed by atoms with Gasteiger partial charge in [-0.2, -0.15) is 4.31 Å². The number of carbonyl (C=O) groups is 1. The zero-order chi connectivity index (χ0) is 18.3. The molecule has 25 heavy (non-hydrogen) atoms. The molecule has 0 unspecified atom stereocenters. The maximum atomic E-state index is 12.4. The van der Waals surface area contributed by atoms with Crippen LogP contribution in [0.2, 0.25) is 0 Å². The maximum Gasteiger partial charge on any atom is 0.258 e. The first-order valence-electron chi connectivity index (χ1n) is 8.58. The molecule has 0 spiro atoms. The van der Waals surface area contributed by atoms with Gasteiger partial charge < -0.3 is 14.8 Å². The minimum Gasteiger partial charge on any atom is -0.484 e. The zero-order valence-electron chi connectivity index (χ0n) is 14.7. The van der Waals surface area contributed by atoms with Gasteiger partial charge in [0, 0.05) is 26.2 Å². The molecule has 1 N–H and O–H groups in total. The average molecular weight is 370 g/mol. The van der Waals surface area contributed by atoms with E-state index < -0.39 is 10.0 Å². The topological polar surface area (TPSA) is 84.9 Å². The van der Waals surface area contributed by atoms with Gasteiger partial charge in [0.05, 0.1) is 11.0 Å². The van der Waals surface area contributed by atoms with E-state index in [1.807, 2.05) is 0 Å². The lowest BCUT2D eigenvalue weighted by Gasteiger charge is -2.18. The fourth-order valence-corrected chi connectivity index (χ4v) is 4.11. The van der Waals surface area contributed by atoms with Crippen LogP contribution in [-0.4, -0.2) is 57.6 Å². The third-order valence-corrected chi connectivity index (χ3v) is 6.15. The van der Waals surface area contributed by atoms with Gasteiger partial charge in [0.15, 0.2) is 6.61 Å². The SMILES string of the molecule is CCN(CC)S(=O)(=O)c1ccc(OCC(=O)NC[C@@H]2CCCO2)cc1. The molecule has 0 aromatic heterocycles. The number of hydrogen-bond acceptors (Lipinski definition) is 5. The second kappa shape index (κ2) is 9.17. The summed E-state index contributed by atoms with van der Waals surface area (Å²) in [6.45, 7) is 5.56. The number of ether oxygens (including phenoxy) is 2. The van der Waals surface area contributed by atoms with Gasteiger partial charge in [-0.3, -0.25) is 4.79 Å². The Balaban J connectivity index is 1.84. The number of amides is 1. The summed E-state index contributed by atoms with van der Waals surface area (Å²) in [5.41, 5.74) is 0. The molecule has 1 atom stereocenters. The molecule has 0 aliphatic carbocycles. The number of benzene rings is 1. The number of hydrogen-bond donors (Lipinski definition) is 1. The highest BCUT2D eigenvalue weighted by molar-refractivity contribution is 7.89. The van der Waals surface area contributed by atoms with E-state index in [1.165, 1.54) is 16.4 Å². The summed E-state index contributed by atoms with van der Waals surface area (Å²) in [4.78, 5) is 12.0. The van der Waals surface area contributed by atoms with Crippen LogP contribution in [0.25, 0.3) is 0 Å². The van der Waals surface area contributed by atoms with E-state index in [4.69, 9.17) is 9.47 Å². The minimum atomic E-state index is -3.48. The van der Waals surface area contributed by atoms with Crippen LogP contribution in [0.4, 0.5) is 0 Å². The summed E-state index contributed by atoms with van der Waals surface area (Å²) in [6, 6.07) is 6.11.